The van der Waals surface area contributed by atoms with Crippen LogP contribution in [0.2, 0.25) is 0 Å². The first-order chi connectivity index (χ1) is 11.2. The highest BCUT2D eigenvalue weighted by molar-refractivity contribution is 14.0. The quantitative estimate of drug-likeness (QED) is 0.426. The van der Waals surface area contributed by atoms with Crippen LogP contribution in [0.25, 0.3) is 0 Å². The lowest BCUT2D eigenvalue weighted by Crippen LogP contribution is -2.45. The first-order valence-electron chi connectivity index (χ1n) is 8.43. The lowest BCUT2D eigenvalue weighted by atomic mass is 9.99. The van der Waals surface area contributed by atoms with Crippen molar-refractivity contribution in [3.8, 4) is 11.5 Å². The number of nitrogens with zero attached hydrogens (tertiary/aromatic N) is 2. The molecule has 1 fully saturated rings. The van der Waals surface area contributed by atoms with Crippen LogP contribution in [0.1, 0.15) is 32.3 Å². The molecule has 1 heterocycles. The molecule has 0 atom stereocenters. The molecule has 0 amide bonds. The Hall–Kier alpha value is -1.18. The van der Waals surface area contributed by atoms with E-state index in [1.165, 1.54) is 12.8 Å². The monoisotopic (exact) mass is 447 g/mol. The zero-order chi connectivity index (χ0) is 16.7. The topological polar surface area (TPSA) is 46.1 Å². The number of ether oxygens (including phenoxy) is 2. The number of likely N-dealkylation sites (tertiary alicyclic amines) is 1. The van der Waals surface area contributed by atoms with Crippen molar-refractivity contribution in [2.45, 2.75) is 33.2 Å². The molecule has 0 aliphatic carbocycles. The van der Waals surface area contributed by atoms with Gasteiger partial charge in [-0.15, -0.1) is 24.0 Å². The van der Waals surface area contributed by atoms with Gasteiger partial charge in [0.25, 0.3) is 0 Å². The van der Waals surface area contributed by atoms with E-state index in [1.54, 1.807) is 7.11 Å². The van der Waals surface area contributed by atoms with Crippen molar-refractivity contribution in [3.63, 3.8) is 0 Å². The molecule has 0 spiro atoms. The van der Waals surface area contributed by atoms with Crippen LogP contribution in [-0.4, -0.2) is 44.7 Å². The summed E-state index contributed by atoms with van der Waals surface area (Å²) in [5.41, 5.74) is 1.15. The molecule has 0 radical (unpaired) electrons. The maximum Gasteiger partial charge on any atom is 0.193 e. The van der Waals surface area contributed by atoms with Gasteiger partial charge >= 0.3 is 0 Å². The molecule has 2 rings (SSSR count). The maximum atomic E-state index is 5.64. The fourth-order valence-electron chi connectivity index (χ4n) is 2.83. The van der Waals surface area contributed by atoms with Crippen molar-refractivity contribution >= 4 is 29.9 Å². The summed E-state index contributed by atoms with van der Waals surface area (Å²) in [6.45, 7) is 7.80. The van der Waals surface area contributed by atoms with Crippen molar-refractivity contribution < 1.29 is 9.47 Å². The molecule has 1 aromatic carbocycles. The molecule has 5 nitrogen and oxygen atoms in total. The summed E-state index contributed by atoms with van der Waals surface area (Å²) in [5, 5.41) is 3.46. The summed E-state index contributed by atoms with van der Waals surface area (Å²) >= 11 is 0. The van der Waals surface area contributed by atoms with Gasteiger partial charge in [0.2, 0.25) is 0 Å². The van der Waals surface area contributed by atoms with E-state index in [2.05, 4.69) is 28.2 Å². The first kappa shape index (κ1) is 20.9. The number of nitrogens with one attached hydrogen (secondary N) is 1. The average Bonchev–Trinajstić information content (AvgIpc) is 2.57. The van der Waals surface area contributed by atoms with Crippen molar-refractivity contribution in [2.75, 3.05) is 33.9 Å². The number of hydrogen-bond donors (Lipinski definition) is 1. The molecular formula is C18H30IN3O2. The van der Waals surface area contributed by atoms with Crippen molar-refractivity contribution in [1.29, 1.82) is 0 Å². The van der Waals surface area contributed by atoms with E-state index in [0.717, 1.165) is 48.6 Å². The molecule has 6 heteroatoms. The van der Waals surface area contributed by atoms with E-state index in [9.17, 15) is 0 Å². The summed E-state index contributed by atoms with van der Waals surface area (Å²) in [4.78, 5) is 6.76. The van der Waals surface area contributed by atoms with Gasteiger partial charge in [-0.05, 0) is 43.4 Å². The number of methoxy groups -OCH3 is 1. The van der Waals surface area contributed by atoms with E-state index in [0.29, 0.717) is 6.61 Å². The van der Waals surface area contributed by atoms with Crippen LogP contribution in [0.3, 0.4) is 0 Å². The highest BCUT2D eigenvalue weighted by atomic mass is 127. The molecule has 1 N–H and O–H groups in total. The predicted molar refractivity (Wildman–Crippen MR) is 110 cm³/mol. The smallest absolute Gasteiger partial charge is 0.193 e. The van der Waals surface area contributed by atoms with Gasteiger partial charge in [-0.1, -0.05) is 13.0 Å². The molecule has 1 aliphatic heterocycles. The number of piperidine rings is 1. The fourth-order valence-corrected chi connectivity index (χ4v) is 2.83. The summed E-state index contributed by atoms with van der Waals surface area (Å²) in [6, 6.07) is 6.04. The minimum absolute atomic E-state index is 0. The third kappa shape index (κ3) is 5.72. The molecule has 0 saturated carbocycles. The largest absolute Gasteiger partial charge is 0.493 e. The Morgan fingerprint density at radius 2 is 2.00 bits per heavy atom. The molecule has 1 aromatic rings. The number of aliphatic imine (C=N–C) groups is 1. The predicted octanol–water partition coefficient (Wildman–Crippen LogP) is 3.52. The Morgan fingerprint density at radius 3 is 2.58 bits per heavy atom. The normalized spacial score (nSPS) is 15.7. The average molecular weight is 447 g/mol. The zero-order valence-electron chi connectivity index (χ0n) is 15.2. The van der Waals surface area contributed by atoms with Crippen LogP contribution in [0.15, 0.2) is 23.2 Å². The van der Waals surface area contributed by atoms with Gasteiger partial charge in [0, 0.05) is 26.7 Å². The van der Waals surface area contributed by atoms with Gasteiger partial charge in [0.05, 0.1) is 13.7 Å². The van der Waals surface area contributed by atoms with Gasteiger partial charge in [0.15, 0.2) is 17.5 Å². The van der Waals surface area contributed by atoms with Crippen LogP contribution in [0, 0.1) is 5.92 Å². The highest BCUT2D eigenvalue weighted by Gasteiger charge is 2.18. The Balaban J connectivity index is 0.00000288. The van der Waals surface area contributed by atoms with Gasteiger partial charge in [-0.3, -0.25) is 4.99 Å². The van der Waals surface area contributed by atoms with Crippen molar-refractivity contribution in [2.24, 2.45) is 10.9 Å². The van der Waals surface area contributed by atoms with Crippen LogP contribution < -0.4 is 14.8 Å². The minimum Gasteiger partial charge on any atom is -0.493 e. The van der Waals surface area contributed by atoms with Crippen molar-refractivity contribution in [1.82, 2.24) is 10.2 Å². The molecule has 24 heavy (non-hydrogen) atoms. The van der Waals surface area contributed by atoms with Crippen molar-refractivity contribution in [3.05, 3.63) is 23.8 Å². The lowest BCUT2D eigenvalue weighted by molar-refractivity contribution is 0.273. The second-order valence-electron chi connectivity index (χ2n) is 5.99. The van der Waals surface area contributed by atoms with E-state index < -0.39 is 0 Å². The Morgan fingerprint density at radius 1 is 1.29 bits per heavy atom. The highest BCUT2D eigenvalue weighted by Crippen LogP contribution is 2.28. The molecule has 1 saturated heterocycles. The second-order valence-corrected chi connectivity index (χ2v) is 5.99. The van der Waals surface area contributed by atoms with Crippen LogP contribution in [-0.2, 0) is 6.54 Å². The van der Waals surface area contributed by atoms with Crippen LogP contribution in [0.4, 0.5) is 0 Å². The van der Waals surface area contributed by atoms with E-state index >= 15 is 0 Å². The summed E-state index contributed by atoms with van der Waals surface area (Å²) < 4.78 is 11.0. The van der Waals surface area contributed by atoms with E-state index in [4.69, 9.17) is 9.47 Å². The third-order valence-electron chi connectivity index (χ3n) is 4.27. The number of rotatable bonds is 5. The summed E-state index contributed by atoms with van der Waals surface area (Å²) in [5.74, 6) is 3.35. The van der Waals surface area contributed by atoms with E-state index in [-0.39, 0.29) is 24.0 Å². The minimum atomic E-state index is 0. The Bertz CT molecular complexity index is 529. The number of halogens is 1. The maximum absolute atomic E-state index is 5.64. The fraction of sp³-hybridized carbons (Fsp3) is 0.611. The van der Waals surface area contributed by atoms with Gasteiger partial charge in [0.1, 0.15) is 0 Å². The number of benzene rings is 1. The van der Waals surface area contributed by atoms with E-state index in [1.807, 2.05) is 26.1 Å². The first-order valence-corrected chi connectivity index (χ1v) is 8.43. The number of guanidine groups is 1. The van der Waals surface area contributed by atoms with Gasteiger partial charge < -0.3 is 19.7 Å². The molecule has 0 bridgehead atoms. The van der Waals surface area contributed by atoms with Gasteiger partial charge in [-0.25, -0.2) is 0 Å². The zero-order valence-corrected chi connectivity index (χ0v) is 17.5. The Labute approximate surface area is 162 Å². The lowest BCUT2D eigenvalue weighted by Gasteiger charge is -2.33. The standard InChI is InChI=1S/C18H29N3O2.HI/c1-5-23-17-12-15(6-7-16(17)22-4)13-20-18(19-3)21-10-8-14(2)9-11-21;/h6-7,12,14H,5,8-11,13H2,1-4H3,(H,19,20);1H. The summed E-state index contributed by atoms with van der Waals surface area (Å²) in [6.07, 6.45) is 2.47. The molecule has 0 unspecified atom stereocenters. The second kappa shape index (κ2) is 10.6. The molecule has 136 valence electrons. The SMILES string of the molecule is CCOc1cc(CNC(=NC)N2CCC(C)CC2)ccc1OC.I. The summed E-state index contributed by atoms with van der Waals surface area (Å²) in [7, 11) is 3.51. The Kier molecular flexibility index (Phi) is 9.25. The number of hydrogen-bond acceptors (Lipinski definition) is 3. The van der Waals surface area contributed by atoms with Crippen LogP contribution >= 0.6 is 24.0 Å². The molecular weight excluding hydrogens is 417 g/mol. The molecule has 0 aromatic heterocycles. The van der Waals surface area contributed by atoms with Crippen LogP contribution in [0.5, 0.6) is 11.5 Å². The molecule has 1 aliphatic rings. The third-order valence-corrected chi connectivity index (χ3v) is 4.27. The van der Waals surface area contributed by atoms with Gasteiger partial charge in [-0.2, -0.15) is 0 Å².